The predicted octanol–water partition coefficient (Wildman–Crippen LogP) is 4.96. The van der Waals surface area contributed by atoms with Crippen molar-refractivity contribution in [3.05, 3.63) is 47.2 Å². The van der Waals surface area contributed by atoms with Gasteiger partial charge in [-0.3, -0.25) is 4.98 Å². The van der Waals surface area contributed by atoms with Gasteiger partial charge in [0, 0.05) is 30.0 Å². The zero-order valence-electron chi connectivity index (χ0n) is 16.1. The molecule has 0 aliphatic rings. The summed E-state index contributed by atoms with van der Waals surface area (Å²) in [5.41, 5.74) is 1.63. The van der Waals surface area contributed by atoms with Gasteiger partial charge in [-0.05, 0) is 18.9 Å². The Morgan fingerprint density at radius 1 is 1.17 bits per heavy atom. The highest BCUT2D eigenvalue weighted by molar-refractivity contribution is 7.13. The fourth-order valence-corrected chi connectivity index (χ4v) is 3.85. The van der Waals surface area contributed by atoms with E-state index in [0.717, 1.165) is 22.9 Å². The van der Waals surface area contributed by atoms with E-state index < -0.39 is 11.9 Å². The Morgan fingerprint density at radius 3 is 2.59 bits per heavy atom. The van der Waals surface area contributed by atoms with Crippen LogP contribution in [0.5, 0.6) is 0 Å². The van der Waals surface area contributed by atoms with Gasteiger partial charge >= 0.3 is 6.18 Å². The Bertz CT molecular complexity index is 1140. The average molecular weight is 420 g/mol. The largest absolute Gasteiger partial charge is 0.434 e. The zero-order chi connectivity index (χ0) is 20.8. The smallest absolute Gasteiger partial charge is 0.325 e. The topological polar surface area (TPSA) is 61.4 Å². The van der Waals surface area contributed by atoms with Crippen molar-refractivity contribution in [3.8, 4) is 10.8 Å². The molecule has 10 heteroatoms. The van der Waals surface area contributed by atoms with E-state index in [9.17, 15) is 13.2 Å². The van der Waals surface area contributed by atoms with E-state index >= 15 is 0 Å². The zero-order valence-corrected chi connectivity index (χ0v) is 16.9. The molecule has 0 aromatic carbocycles. The standard InChI is InChI=1S/C19H19F3N6S/c1-4-28-14-8-24-12(11(2)3)7-13(14)25-16(28)10-27-9-15(19(20,21)22)26-17(27)18-23-5-6-29-18/h5-9,11H,4,10H2,1-3H3. The number of fused-ring (bicyclic) bond motifs is 1. The van der Waals surface area contributed by atoms with Crippen LogP contribution < -0.4 is 0 Å². The van der Waals surface area contributed by atoms with Gasteiger partial charge in [0.15, 0.2) is 16.5 Å². The first-order valence-electron chi connectivity index (χ1n) is 9.17. The third kappa shape index (κ3) is 3.64. The molecule has 0 amide bonds. The summed E-state index contributed by atoms with van der Waals surface area (Å²) >= 11 is 1.25. The van der Waals surface area contributed by atoms with Crippen LogP contribution in [0.2, 0.25) is 0 Å². The normalized spacial score (nSPS) is 12.4. The number of hydrogen-bond donors (Lipinski definition) is 0. The number of rotatable bonds is 5. The minimum atomic E-state index is -4.53. The Hall–Kier alpha value is -2.75. The molecule has 0 saturated carbocycles. The molecule has 4 heterocycles. The second-order valence-electron chi connectivity index (χ2n) is 6.94. The molecular formula is C19H19F3N6S. The lowest BCUT2D eigenvalue weighted by atomic mass is 10.1. The number of aromatic nitrogens is 6. The molecule has 0 unspecified atom stereocenters. The van der Waals surface area contributed by atoms with Gasteiger partial charge in [-0.15, -0.1) is 11.3 Å². The maximum absolute atomic E-state index is 13.3. The number of hydrogen-bond acceptors (Lipinski definition) is 5. The molecule has 4 aromatic heterocycles. The van der Waals surface area contributed by atoms with Crippen LogP contribution in [0.25, 0.3) is 21.9 Å². The van der Waals surface area contributed by atoms with Crippen molar-refractivity contribution < 1.29 is 13.2 Å². The summed E-state index contributed by atoms with van der Waals surface area (Å²) in [6.45, 7) is 6.85. The summed E-state index contributed by atoms with van der Waals surface area (Å²) in [6.07, 6.45) is -0.180. The molecule has 0 N–H and O–H groups in total. The van der Waals surface area contributed by atoms with Crippen molar-refractivity contribution in [3.63, 3.8) is 0 Å². The fourth-order valence-electron chi connectivity index (χ4n) is 3.21. The number of halogens is 3. The van der Waals surface area contributed by atoms with Gasteiger partial charge in [0.25, 0.3) is 0 Å². The molecule has 0 aliphatic heterocycles. The van der Waals surface area contributed by atoms with Gasteiger partial charge in [-0.25, -0.2) is 15.0 Å². The van der Waals surface area contributed by atoms with Gasteiger partial charge in [0.2, 0.25) is 0 Å². The first kappa shape index (κ1) is 19.6. The molecule has 4 aromatic rings. The van der Waals surface area contributed by atoms with Gasteiger partial charge in [0.1, 0.15) is 5.82 Å². The molecular weight excluding hydrogens is 401 g/mol. The third-order valence-electron chi connectivity index (χ3n) is 4.64. The number of alkyl halides is 3. The molecule has 4 rings (SSSR count). The Kier molecular flexibility index (Phi) is 4.89. The Labute approximate surface area is 169 Å². The SMILES string of the molecule is CCn1c(Cn2cc(C(F)(F)F)nc2-c2nccs2)nc2cc(C(C)C)ncc21. The van der Waals surface area contributed by atoms with Crippen molar-refractivity contribution in [2.24, 2.45) is 0 Å². The highest BCUT2D eigenvalue weighted by Crippen LogP contribution is 2.32. The molecule has 0 fully saturated rings. The van der Waals surface area contributed by atoms with Crippen molar-refractivity contribution in [1.82, 2.24) is 29.1 Å². The van der Waals surface area contributed by atoms with E-state index in [0.29, 0.717) is 17.4 Å². The van der Waals surface area contributed by atoms with E-state index in [2.05, 4.69) is 28.8 Å². The van der Waals surface area contributed by atoms with E-state index in [-0.39, 0.29) is 18.3 Å². The van der Waals surface area contributed by atoms with Crippen LogP contribution in [0.4, 0.5) is 13.2 Å². The molecule has 29 heavy (non-hydrogen) atoms. The number of aryl methyl sites for hydroxylation is 1. The van der Waals surface area contributed by atoms with Gasteiger partial charge in [-0.1, -0.05) is 13.8 Å². The number of imidazole rings is 2. The summed E-state index contributed by atoms with van der Waals surface area (Å²) in [6, 6.07) is 1.94. The lowest BCUT2D eigenvalue weighted by Crippen LogP contribution is -2.09. The third-order valence-corrected chi connectivity index (χ3v) is 5.41. The summed E-state index contributed by atoms with van der Waals surface area (Å²) in [7, 11) is 0. The van der Waals surface area contributed by atoms with Crippen LogP contribution in [0.1, 0.15) is 43.9 Å². The number of thiazole rings is 1. The van der Waals surface area contributed by atoms with Crippen LogP contribution in [-0.4, -0.2) is 29.1 Å². The predicted molar refractivity (Wildman–Crippen MR) is 105 cm³/mol. The number of pyridine rings is 1. The lowest BCUT2D eigenvalue weighted by molar-refractivity contribution is -0.140. The molecule has 0 atom stereocenters. The minimum Gasteiger partial charge on any atom is -0.325 e. The van der Waals surface area contributed by atoms with Crippen LogP contribution >= 0.6 is 11.3 Å². The molecule has 0 aliphatic carbocycles. The summed E-state index contributed by atoms with van der Waals surface area (Å²) in [5, 5.41) is 2.14. The van der Waals surface area contributed by atoms with E-state index in [1.165, 1.54) is 15.9 Å². The lowest BCUT2D eigenvalue weighted by Gasteiger charge is -2.09. The monoisotopic (exact) mass is 420 g/mol. The quantitative estimate of drug-likeness (QED) is 0.458. The molecule has 0 radical (unpaired) electrons. The van der Waals surface area contributed by atoms with Crippen LogP contribution in [-0.2, 0) is 19.3 Å². The first-order chi connectivity index (χ1) is 13.8. The molecule has 0 saturated heterocycles. The fraction of sp³-hybridized carbons (Fsp3) is 0.368. The second-order valence-corrected chi connectivity index (χ2v) is 7.83. The van der Waals surface area contributed by atoms with Crippen molar-refractivity contribution >= 4 is 22.4 Å². The molecule has 0 bridgehead atoms. The van der Waals surface area contributed by atoms with Gasteiger partial charge < -0.3 is 9.13 Å². The summed E-state index contributed by atoms with van der Waals surface area (Å²) in [4.78, 5) is 17.1. The number of nitrogens with zero attached hydrogens (tertiary/aromatic N) is 6. The Morgan fingerprint density at radius 2 is 1.97 bits per heavy atom. The van der Waals surface area contributed by atoms with Crippen LogP contribution in [0.15, 0.2) is 30.0 Å². The molecule has 152 valence electrons. The van der Waals surface area contributed by atoms with Gasteiger partial charge in [0.05, 0.1) is 23.8 Å². The van der Waals surface area contributed by atoms with Crippen molar-refractivity contribution in [2.75, 3.05) is 0 Å². The van der Waals surface area contributed by atoms with Crippen LogP contribution in [0.3, 0.4) is 0 Å². The van der Waals surface area contributed by atoms with E-state index in [4.69, 9.17) is 4.98 Å². The summed E-state index contributed by atoms with van der Waals surface area (Å²) < 4.78 is 43.2. The van der Waals surface area contributed by atoms with Crippen molar-refractivity contribution in [2.45, 2.75) is 46.0 Å². The highest BCUT2D eigenvalue weighted by atomic mass is 32.1. The van der Waals surface area contributed by atoms with Crippen LogP contribution in [0, 0.1) is 0 Å². The summed E-state index contributed by atoms with van der Waals surface area (Å²) in [5.74, 6) is 1.09. The average Bonchev–Trinajstić information content (AvgIpc) is 3.38. The molecule has 6 nitrogen and oxygen atoms in total. The minimum absolute atomic E-state index is 0.150. The first-order valence-corrected chi connectivity index (χ1v) is 10.0. The Balaban J connectivity index is 1.81. The van der Waals surface area contributed by atoms with Gasteiger partial charge in [-0.2, -0.15) is 13.2 Å². The van der Waals surface area contributed by atoms with Crippen molar-refractivity contribution in [1.29, 1.82) is 0 Å². The van der Waals surface area contributed by atoms with E-state index in [1.807, 2.05) is 17.6 Å². The molecule has 0 spiro atoms. The maximum atomic E-state index is 13.3. The second kappa shape index (κ2) is 7.25. The maximum Gasteiger partial charge on any atom is 0.434 e. The highest BCUT2D eigenvalue weighted by Gasteiger charge is 2.35. The van der Waals surface area contributed by atoms with E-state index in [1.54, 1.807) is 17.8 Å².